The number of nitrogens with zero attached hydrogens (tertiary/aromatic N) is 2. The van der Waals surface area contributed by atoms with Crippen LogP contribution in [0.5, 0.6) is 0 Å². The molecule has 100 valence electrons. The molecule has 3 aromatic rings. The van der Waals surface area contributed by atoms with Gasteiger partial charge in [-0.2, -0.15) is 5.10 Å². The number of H-pyrrole nitrogens is 1. The third-order valence-corrected chi connectivity index (χ3v) is 2.99. The zero-order valence-electron chi connectivity index (χ0n) is 10.6. The van der Waals surface area contributed by atoms with Crippen molar-refractivity contribution in [2.75, 3.05) is 11.5 Å². The van der Waals surface area contributed by atoms with E-state index < -0.39 is 0 Å². The van der Waals surface area contributed by atoms with Gasteiger partial charge in [-0.25, -0.2) is 14.5 Å². The van der Waals surface area contributed by atoms with Crippen molar-refractivity contribution in [2.24, 2.45) is 0 Å². The Hall–Kier alpha value is -3.02. The molecule has 1 aromatic heterocycles. The lowest BCUT2D eigenvalue weighted by Gasteiger charge is -2.06. The Balaban J connectivity index is 2.17. The van der Waals surface area contributed by atoms with Gasteiger partial charge in [-0.3, -0.25) is 0 Å². The van der Waals surface area contributed by atoms with Crippen molar-refractivity contribution in [3.05, 3.63) is 59.0 Å². The molecule has 1 heterocycles. The summed E-state index contributed by atoms with van der Waals surface area (Å²) < 4.78 is 1.49. The maximum Gasteiger partial charge on any atom is 0.348 e. The summed E-state index contributed by atoms with van der Waals surface area (Å²) in [4.78, 5) is 12.0. The number of hydrogen-bond donors (Lipinski definition) is 3. The molecule has 0 aliphatic rings. The summed E-state index contributed by atoms with van der Waals surface area (Å²) >= 11 is 0. The Morgan fingerprint density at radius 1 is 0.900 bits per heavy atom. The molecule has 2 aromatic carbocycles. The Morgan fingerprint density at radius 3 is 2.05 bits per heavy atom. The van der Waals surface area contributed by atoms with Gasteiger partial charge in [0.05, 0.1) is 5.69 Å². The normalized spacial score (nSPS) is 10.6. The maximum absolute atomic E-state index is 12.0. The molecule has 0 unspecified atom stereocenters. The highest BCUT2D eigenvalue weighted by Gasteiger charge is 2.12. The van der Waals surface area contributed by atoms with E-state index in [1.807, 2.05) is 12.1 Å². The highest BCUT2D eigenvalue weighted by atomic mass is 16.1. The average Bonchev–Trinajstić information content (AvgIpc) is 2.83. The van der Waals surface area contributed by atoms with Crippen LogP contribution in [-0.2, 0) is 0 Å². The summed E-state index contributed by atoms with van der Waals surface area (Å²) in [6.07, 6.45) is 0. The predicted molar refractivity (Wildman–Crippen MR) is 78.4 cm³/mol. The second kappa shape index (κ2) is 4.58. The number of hydrogen-bond acceptors (Lipinski definition) is 4. The topological polar surface area (TPSA) is 103 Å². The van der Waals surface area contributed by atoms with Crippen molar-refractivity contribution in [2.45, 2.75) is 0 Å². The number of aromatic amines is 1. The van der Waals surface area contributed by atoms with Crippen molar-refractivity contribution >= 4 is 11.4 Å². The van der Waals surface area contributed by atoms with E-state index in [-0.39, 0.29) is 5.69 Å². The van der Waals surface area contributed by atoms with Gasteiger partial charge in [0.2, 0.25) is 0 Å². The molecule has 0 bridgehead atoms. The standard InChI is InChI=1S/C14H13N5O/c15-10-3-1-9(2-4-10)13-17-18-14(20)19(13)12-7-5-11(16)6-8-12/h1-8H,15-16H2,(H,18,20). The van der Waals surface area contributed by atoms with Crippen molar-refractivity contribution in [3.8, 4) is 17.1 Å². The van der Waals surface area contributed by atoms with E-state index >= 15 is 0 Å². The van der Waals surface area contributed by atoms with Gasteiger partial charge in [-0.15, -0.1) is 0 Å². The molecule has 0 saturated carbocycles. The lowest BCUT2D eigenvalue weighted by molar-refractivity contribution is 0.986. The van der Waals surface area contributed by atoms with Gasteiger partial charge in [0.1, 0.15) is 0 Å². The molecule has 0 radical (unpaired) electrons. The first-order chi connectivity index (χ1) is 9.65. The summed E-state index contributed by atoms with van der Waals surface area (Å²) in [6, 6.07) is 14.2. The number of rotatable bonds is 2. The summed E-state index contributed by atoms with van der Waals surface area (Å²) in [5.41, 5.74) is 13.8. The fourth-order valence-corrected chi connectivity index (χ4v) is 1.99. The van der Waals surface area contributed by atoms with Crippen molar-refractivity contribution in [3.63, 3.8) is 0 Å². The third kappa shape index (κ3) is 2.03. The van der Waals surface area contributed by atoms with Crippen LogP contribution in [0.25, 0.3) is 17.1 Å². The molecular weight excluding hydrogens is 254 g/mol. The monoisotopic (exact) mass is 267 g/mol. The summed E-state index contributed by atoms with van der Waals surface area (Å²) in [6.45, 7) is 0. The molecule has 0 atom stereocenters. The first-order valence-corrected chi connectivity index (χ1v) is 6.04. The molecule has 6 nitrogen and oxygen atoms in total. The molecule has 0 amide bonds. The van der Waals surface area contributed by atoms with Gasteiger partial charge in [-0.1, -0.05) is 0 Å². The molecule has 5 N–H and O–H groups in total. The first kappa shape index (κ1) is 12.0. The summed E-state index contributed by atoms with van der Waals surface area (Å²) in [7, 11) is 0. The van der Waals surface area contributed by atoms with Gasteiger partial charge < -0.3 is 11.5 Å². The average molecular weight is 267 g/mol. The molecule has 0 spiro atoms. The zero-order chi connectivity index (χ0) is 14.1. The van der Waals surface area contributed by atoms with Gasteiger partial charge >= 0.3 is 5.69 Å². The smallest absolute Gasteiger partial charge is 0.348 e. The molecule has 0 fully saturated rings. The van der Waals surface area contributed by atoms with Crippen LogP contribution in [-0.4, -0.2) is 14.8 Å². The fourth-order valence-electron chi connectivity index (χ4n) is 1.99. The quantitative estimate of drug-likeness (QED) is 0.610. The van der Waals surface area contributed by atoms with E-state index in [1.54, 1.807) is 36.4 Å². The lowest BCUT2D eigenvalue weighted by atomic mass is 10.2. The SMILES string of the molecule is Nc1ccc(-c2n[nH]c(=O)n2-c2ccc(N)cc2)cc1. The van der Waals surface area contributed by atoms with Crippen molar-refractivity contribution in [1.29, 1.82) is 0 Å². The number of nitrogens with one attached hydrogen (secondary N) is 1. The molecule has 6 heteroatoms. The maximum atomic E-state index is 12.0. The largest absolute Gasteiger partial charge is 0.399 e. The third-order valence-electron chi connectivity index (χ3n) is 2.99. The number of benzene rings is 2. The van der Waals surface area contributed by atoms with Crippen molar-refractivity contribution in [1.82, 2.24) is 14.8 Å². The number of nitrogen functional groups attached to an aromatic ring is 2. The van der Waals surface area contributed by atoms with Gasteiger partial charge in [-0.05, 0) is 48.5 Å². The highest BCUT2D eigenvalue weighted by Crippen LogP contribution is 2.20. The van der Waals surface area contributed by atoms with Crippen LogP contribution in [0.4, 0.5) is 11.4 Å². The number of aromatic nitrogens is 3. The van der Waals surface area contributed by atoms with Crippen LogP contribution in [0.15, 0.2) is 53.3 Å². The second-order valence-electron chi connectivity index (χ2n) is 4.40. The summed E-state index contributed by atoms with van der Waals surface area (Å²) in [5.74, 6) is 0.528. The van der Waals surface area contributed by atoms with E-state index in [9.17, 15) is 4.79 Å². The summed E-state index contributed by atoms with van der Waals surface area (Å²) in [5, 5.41) is 6.53. The Labute approximate surface area is 114 Å². The van der Waals surface area contributed by atoms with Crippen LogP contribution >= 0.6 is 0 Å². The molecule has 0 aliphatic heterocycles. The minimum absolute atomic E-state index is 0.304. The van der Waals surface area contributed by atoms with E-state index in [0.29, 0.717) is 22.9 Å². The Kier molecular flexibility index (Phi) is 2.76. The molecular formula is C14H13N5O. The highest BCUT2D eigenvalue weighted by molar-refractivity contribution is 5.61. The minimum atomic E-state index is -0.304. The van der Waals surface area contributed by atoms with Gasteiger partial charge in [0.15, 0.2) is 5.82 Å². The lowest BCUT2D eigenvalue weighted by Crippen LogP contribution is -2.15. The molecule has 0 saturated heterocycles. The zero-order valence-corrected chi connectivity index (χ0v) is 10.6. The minimum Gasteiger partial charge on any atom is -0.399 e. The van der Waals surface area contributed by atoms with E-state index in [1.165, 1.54) is 4.57 Å². The number of anilines is 2. The molecule has 3 rings (SSSR count). The Bertz CT molecular complexity index is 784. The number of nitrogens with two attached hydrogens (primary N) is 2. The predicted octanol–water partition coefficient (Wildman–Crippen LogP) is 1.39. The molecule has 20 heavy (non-hydrogen) atoms. The van der Waals surface area contributed by atoms with Crippen molar-refractivity contribution < 1.29 is 0 Å². The van der Waals surface area contributed by atoms with E-state index in [2.05, 4.69) is 10.2 Å². The van der Waals surface area contributed by atoms with E-state index in [0.717, 1.165) is 5.56 Å². The van der Waals surface area contributed by atoms with Crippen LogP contribution < -0.4 is 17.2 Å². The van der Waals surface area contributed by atoms with Crippen LogP contribution in [0.2, 0.25) is 0 Å². The van der Waals surface area contributed by atoms with Crippen LogP contribution in [0.1, 0.15) is 0 Å². The molecule has 0 aliphatic carbocycles. The fraction of sp³-hybridized carbons (Fsp3) is 0. The second-order valence-corrected chi connectivity index (χ2v) is 4.40. The van der Waals surface area contributed by atoms with E-state index in [4.69, 9.17) is 11.5 Å². The first-order valence-electron chi connectivity index (χ1n) is 6.04. The van der Waals surface area contributed by atoms with Gasteiger partial charge in [0.25, 0.3) is 0 Å². The van der Waals surface area contributed by atoms with Crippen LogP contribution in [0.3, 0.4) is 0 Å². The van der Waals surface area contributed by atoms with Gasteiger partial charge in [0, 0.05) is 16.9 Å². The van der Waals surface area contributed by atoms with Crippen LogP contribution in [0, 0.1) is 0 Å². The Morgan fingerprint density at radius 2 is 1.45 bits per heavy atom.